The van der Waals surface area contributed by atoms with Crippen LogP contribution in [0.5, 0.6) is 5.75 Å². The molecule has 5 heteroatoms. The molecule has 2 heterocycles. The number of benzene rings is 1. The highest BCUT2D eigenvalue weighted by molar-refractivity contribution is 9.11. The predicted molar refractivity (Wildman–Crippen MR) is 86.6 cm³/mol. The highest BCUT2D eigenvalue weighted by Crippen LogP contribution is 2.41. The van der Waals surface area contributed by atoms with Crippen LogP contribution in [0.15, 0.2) is 38.9 Å². The van der Waals surface area contributed by atoms with Gasteiger partial charge in [0.2, 0.25) is 0 Å². The quantitative estimate of drug-likeness (QED) is 0.725. The van der Waals surface area contributed by atoms with Gasteiger partial charge in [-0.2, -0.15) is 0 Å². The molecule has 0 atom stereocenters. The van der Waals surface area contributed by atoms with E-state index < -0.39 is 0 Å². The van der Waals surface area contributed by atoms with Crippen molar-refractivity contribution in [3.05, 3.63) is 50.0 Å². The molecule has 2 N–H and O–H groups in total. The molecule has 0 saturated carbocycles. The van der Waals surface area contributed by atoms with Gasteiger partial charge in [-0.25, -0.2) is 0 Å². The van der Waals surface area contributed by atoms with Crippen molar-refractivity contribution in [3.63, 3.8) is 0 Å². The van der Waals surface area contributed by atoms with E-state index in [2.05, 4.69) is 20.9 Å². The molecule has 0 aliphatic carbocycles. The van der Waals surface area contributed by atoms with Crippen molar-refractivity contribution in [1.82, 2.24) is 4.98 Å². The Balaban J connectivity index is 2.42. The van der Waals surface area contributed by atoms with Crippen molar-refractivity contribution in [2.75, 3.05) is 0 Å². The van der Waals surface area contributed by atoms with Crippen LogP contribution >= 0.6 is 27.3 Å². The number of aromatic nitrogens is 1. The van der Waals surface area contributed by atoms with Crippen LogP contribution in [0.3, 0.4) is 0 Å². The molecule has 0 fully saturated rings. The Labute approximate surface area is 128 Å². The van der Waals surface area contributed by atoms with E-state index in [-0.39, 0.29) is 11.3 Å². The number of nitrogens with one attached hydrogen (secondary N) is 1. The Morgan fingerprint density at radius 3 is 2.65 bits per heavy atom. The van der Waals surface area contributed by atoms with Crippen LogP contribution in [0.25, 0.3) is 21.3 Å². The van der Waals surface area contributed by atoms with E-state index in [4.69, 9.17) is 0 Å². The molecule has 0 spiro atoms. The molecule has 2 aromatic heterocycles. The number of aryl methyl sites for hydroxylation is 1. The Morgan fingerprint density at radius 1 is 1.30 bits per heavy atom. The third kappa shape index (κ3) is 1.98. The van der Waals surface area contributed by atoms with Gasteiger partial charge in [0, 0.05) is 0 Å². The summed E-state index contributed by atoms with van der Waals surface area (Å²) in [6.07, 6.45) is 0.786. The lowest BCUT2D eigenvalue weighted by molar-refractivity contribution is 0.482. The van der Waals surface area contributed by atoms with Crippen molar-refractivity contribution in [1.29, 1.82) is 0 Å². The van der Waals surface area contributed by atoms with E-state index in [1.54, 1.807) is 0 Å². The molecule has 0 amide bonds. The number of fused-ring (bicyclic) bond motifs is 1. The molecule has 0 aliphatic heterocycles. The van der Waals surface area contributed by atoms with E-state index in [9.17, 15) is 9.90 Å². The standard InChI is InChI=1S/C15H12BrNO2S/c1-2-9-11-12(18)10(8-6-4-3-5-7-8)14(19)17-15(11)20-13(9)16/h3-7H,2H2,1H3,(H2,17,18,19). The zero-order valence-corrected chi connectivity index (χ0v) is 13.1. The highest BCUT2D eigenvalue weighted by Gasteiger charge is 2.19. The first kappa shape index (κ1) is 13.4. The smallest absolute Gasteiger partial charge is 0.260 e. The molecular weight excluding hydrogens is 338 g/mol. The van der Waals surface area contributed by atoms with E-state index in [0.29, 0.717) is 10.4 Å². The van der Waals surface area contributed by atoms with E-state index in [1.165, 1.54) is 11.3 Å². The number of H-pyrrole nitrogens is 1. The molecule has 3 nitrogen and oxygen atoms in total. The zero-order chi connectivity index (χ0) is 14.3. The lowest BCUT2D eigenvalue weighted by atomic mass is 10.0. The van der Waals surface area contributed by atoms with Gasteiger partial charge in [-0.15, -0.1) is 11.3 Å². The Bertz CT molecular complexity index is 836. The Morgan fingerprint density at radius 2 is 2.00 bits per heavy atom. The van der Waals surface area contributed by atoms with Gasteiger partial charge < -0.3 is 10.1 Å². The summed E-state index contributed by atoms with van der Waals surface area (Å²) >= 11 is 4.93. The molecule has 1 aromatic carbocycles. The summed E-state index contributed by atoms with van der Waals surface area (Å²) in [7, 11) is 0. The van der Waals surface area contributed by atoms with E-state index >= 15 is 0 Å². The minimum Gasteiger partial charge on any atom is -0.506 e. The zero-order valence-electron chi connectivity index (χ0n) is 10.7. The second kappa shape index (κ2) is 5.07. The number of hydrogen-bond donors (Lipinski definition) is 2. The van der Waals surface area contributed by atoms with Crippen LogP contribution in [0.1, 0.15) is 12.5 Å². The van der Waals surface area contributed by atoms with Crippen molar-refractivity contribution in [3.8, 4) is 16.9 Å². The average molecular weight is 350 g/mol. The van der Waals surface area contributed by atoms with Gasteiger partial charge in [0.15, 0.2) is 0 Å². The van der Waals surface area contributed by atoms with Crippen LogP contribution in [0, 0.1) is 0 Å². The van der Waals surface area contributed by atoms with Gasteiger partial charge in [-0.3, -0.25) is 4.79 Å². The second-order valence-corrected chi connectivity index (χ2v) is 6.79. The number of thiophene rings is 1. The van der Waals surface area contributed by atoms with Crippen LogP contribution < -0.4 is 5.56 Å². The number of halogens is 1. The van der Waals surface area contributed by atoms with Gasteiger partial charge in [-0.05, 0) is 33.5 Å². The first-order chi connectivity index (χ1) is 9.63. The maximum Gasteiger partial charge on any atom is 0.260 e. The fourth-order valence-corrected chi connectivity index (χ4v) is 4.34. The van der Waals surface area contributed by atoms with Gasteiger partial charge in [0.1, 0.15) is 10.6 Å². The molecular formula is C15H12BrNO2S. The van der Waals surface area contributed by atoms with Crippen LogP contribution in [0.2, 0.25) is 0 Å². The first-order valence-electron chi connectivity index (χ1n) is 6.25. The van der Waals surface area contributed by atoms with Gasteiger partial charge in [0.25, 0.3) is 5.56 Å². The van der Waals surface area contributed by atoms with Gasteiger partial charge >= 0.3 is 0 Å². The molecule has 102 valence electrons. The molecule has 0 saturated heterocycles. The minimum absolute atomic E-state index is 0.0637. The molecule has 0 radical (unpaired) electrons. The van der Waals surface area contributed by atoms with Gasteiger partial charge in [0.05, 0.1) is 14.7 Å². The third-order valence-corrected chi connectivity index (χ3v) is 5.20. The van der Waals surface area contributed by atoms with Crippen LogP contribution in [-0.4, -0.2) is 10.1 Å². The van der Waals surface area contributed by atoms with Crippen molar-refractivity contribution >= 4 is 37.5 Å². The fraction of sp³-hybridized carbons (Fsp3) is 0.133. The lowest BCUT2D eigenvalue weighted by Crippen LogP contribution is -2.08. The number of aromatic amines is 1. The summed E-state index contributed by atoms with van der Waals surface area (Å²) in [5.74, 6) is 0.0637. The number of pyridine rings is 1. The number of rotatable bonds is 2. The van der Waals surface area contributed by atoms with E-state index in [1.807, 2.05) is 37.3 Å². The third-order valence-electron chi connectivity index (χ3n) is 3.30. The molecule has 3 rings (SSSR count). The average Bonchev–Trinajstić information content (AvgIpc) is 2.75. The Hall–Kier alpha value is -1.59. The normalized spacial score (nSPS) is 11.1. The summed E-state index contributed by atoms with van der Waals surface area (Å²) in [5, 5.41) is 11.3. The summed E-state index contributed by atoms with van der Waals surface area (Å²) in [5.41, 5.74) is 1.81. The maximum atomic E-state index is 12.2. The monoisotopic (exact) mass is 349 g/mol. The summed E-state index contributed by atoms with van der Waals surface area (Å²) < 4.78 is 0.950. The maximum absolute atomic E-state index is 12.2. The summed E-state index contributed by atoms with van der Waals surface area (Å²) in [6.45, 7) is 2.03. The summed E-state index contributed by atoms with van der Waals surface area (Å²) in [6, 6.07) is 9.23. The van der Waals surface area contributed by atoms with Crippen molar-refractivity contribution in [2.24, 2.45) is 0 Å². The minimum atomic E-state index is -0.266. The number of hydrogen-bond acceptors (Lipinski definition) is 3. The summed E-state index contributed by atoms with van der Waals surface area (Å²) in [4.78, 5) is 15.8. The molecule has 0 aliphatic rings. The van der Waals surface area contributed by atoms with Crippen molar-refractivity contribution < 1.29 is 5.11 Å². The Kier molecular flexibility index (Phi) is 3.40. The molecule has 20 heavy (non-hydrogen) atoms. The van der Waals surface area contributed by atoms with Gasteiger partial charge in [-0.1, -0.05) is 37.3 Å². The first-order valence-corrected chi connectivity index (χ1v) is 7.86. The topological polar surface area (TPSA) is 53.1 Å². The SMILES string of the molecule is CCc1c(Br)sc2[nH]c(=O)c(-c3ccccc3)c(O)c12. The lowest BCUT2D eigenvalue weighted by Gasteiger charge is -2.06. The molecule has 0 bridgehead atoms. The molecule has 0 unspecified atom stereocenters. The van der Waals surface area contributed by atoms with Crippen LogP contribution in [-0.2, 0) is 6.42 Å². The van der Waals surface area contributed by atoms with Crippen LogP contribution in [0.4, 0.5) is 0 Å². The van der Waals surface area contributed by atoms with E-state index in [0.717, 1.165) is 26.7 Å². The number of aromatic hydroxyl groups is 1. The largest absolute Gasteiger partial charge is 0.506 e. The highest BCUT2D eigenvalue weighted by atomic mass is 79.9. The second-order valence-electron chi connectivity index (χ2n) is 4.46. The predicted octanol–water partition coefficient (Wildman–Crippen LogP) is 4.29. The molecule has 3 aromatic rings. The fourth-order valence-electron chi connectivity index (χ4n) is 2.36. The van der Waals surface area contributed by atoms with Crippen molar-refractivity contribution in [2.45, 2.75) is 13.3 Å².